The second kappa shape index (κ2) is 10.6. The van der Waals surface area contributed by atoms with Crippen LogP contribution in [-0.4, -0.2) is 59.9 Å². The highest BCUT2D eigenvalue weighted by atomic mass is 16.6. The third-order valence-corrected chi connectivity index (χ3v) is 6.83. The molecule has 0 aliphatic carbocycles. The van der Waals surface area contributed by atoms with Crippen LogP contribution in [0.25, 0.3) is 0 Å². The van der Waals surface area contributed by atoms with Gasteiger partial charge in [0, 0.05) is 19.8 Å². The molecule has 0 amide bonds. The average molecular weight is 425 g/mol. The zero-order valence-corrected chi connectivity index (χ0v) is 18.9. The van der Waals surface area contributed by atoms with E-state index >= 15 is 0 Å². The van der Waals surface area contributed by atoms with E-state index in [1.165, 1.54) is 26.2 Å². The summed E-state index contributed by atoms with van der Waals surface area (Å²) < 4.78 is 24.4. The van der Waals surface area contributed by atoms with Crippen LogP contribution >= 0.6 is 0 Å². The van der Waals surface area contributed by atoms with Crippen molar-refractivity contribution in [2.24, 2.45) is 0 Å². The lowest BCUT2D eigenvalue weighted by Crippen LogP contribution is -2.62. The number of carbonyl (C=O) groups excluding carboxylic acids is 1. The topological polar surface area (TPSA) is 74.2 Å². The number of fused-ring (bicyclic) bond motifs is 2. The Balaban J connectivity index is 1.60. The van der Waals surface area contributed by atoms with E-state index in [1.807, 2.05) is 0 Å². The van der Waals surface area contributed by atoms with E-state index in [1.54, 1.807) is 0 Å². The Morgan fingerprint density at radius 2 is 2.03 bits per heavy atom. The predicted molar refractivity (Wildman–Crippen MR) is 114 cm³/mol. The molecule has 0 aromatic heterocycles. The summed E-state index contributed by atoms with van der Waals surface area (Å²) in [5.74, 6) is -0.320. The van der Waals surface area contributed by atoms with Gasteiger partial charge in [-0.3, -0.25) is 4.79 Å². The highest BCUT2D eigenvalue weighted by Crippen LogP contribution is 2.43. The molecule has 3 saturated heterocycles. The first-order valence-electron chi connectivity index (χ1n) is 11.8. The maximum Gasteiger partial charge on any atom is 0.302 e. The van der Waals surface area contributed by atoms with Crippen molar-refractivity contribution in [3.05, 3.63) is 12.2 Å². The lowest BCUT2D eigenvalue weighted by atomic mass is 9.81. The number of esters is 1. The average Bonchev–Trinajstić information content (AvgIpc) is 2.83. The zero-order valence-electron chi connectivity index (χ0n) is 18.9. The molecule has 0 spiro atoms. The molecule has 6 heteroatoms. The Bertz CT molecular complexity index is 592. The fourth-order valence-electron chi connectivity index (χ4n) is 5.17. The summed E-state index contributed by atoms with van der Waals surface area (Å²) in [6.07, 6.45) is 8.78. The Hall–Kier alpha value is -0.950. The number of unbranched alkanes of at least 4 members (excludes halogenated alkanes) is 2. The monoisotopic (exact) mass is 424 g/mol. The second-order valence-electron chi connectivity index (χ2n) is 9.60. The number of carbonyl (C=O) groups is 1. The quantitative estimate of drug-likeness (QED) is 0.360. The molecule has 0 saturated carbocycles. The van der Waals surface area contributed by atoms with Crippen molar-refractivity contribution >= 4 is 5.97 Å². The van der Waals surface area contributed by atoms with Crippen molar-refractivity contribution < 1.29 is 28.8 Å². The molecule has 3 rings (SSSR count). The number of aliphatic hydroxyl groups excluding tert-OH is 1. The van der Waals surface area contributed by atoms with Crippen LogP contribution in [0, 0.1) is 0 Å². The summed E-state index contributed by atoms with van der Waals surface area (Å²) in [4.78, 5) is 11.0. The van der Waals surface area contributed by atoms with Crippen molar-refractivity contribution in [3.8, 4) is 0 Å². The van der Waals surface area contributed by atoms with Gasteiger partial charge in [-0.1, -0.05) is 32.8 Å². The van der Waals surface area contributed by atoms with Gasteiger partial charge in [-0.2, -0.15) is 0 Å². The molecule has 3 heterocycles. The molecule has 3 aliphatic heterocycles. The van der Waals surface area contributed by atoms with Crippen LogP contribution in [0.5, 0.6) is 0 Å². The molecule has 0 radical (unpaired) electrons. The van der Waals surface area contributed by atoms with E-state index in [-0.39, 0.29) is 48.7 Å². The first-order valence-corrected chi connectivity index (χ1v) is 11.8. The minimum atomic E-state index is -0.573. The molecule has 30 heavy (non-hydrogen) atoms. The molecule has 1 N–H and O–H groups in total. The van der Waals surface area contributed by atoms with E-state index in [0.29, 0.717) is 12.8 Å². The molecule has 172 valence electrons. The largest absolute Gasteiger partial charge is 0.461 e. The van der Waals surface area contributed by atoms with Crippen molar-refractivity contribution in [3.63, 3.8) is 0 Å². The molecule has 0 bridgehead atoms. The van der Waals surface area contributed by atoms with E-state index < -0.39 is 6.10 Å². The number of hydrogen-bond acceptors (Lipinski definition) is 6. The van der Waals surface area contributed by atoms with Crippen LogP contribution < -0.4 is 0 Å². The zero-order chi connectivity index (χ0) is 21.7. The normalized spacial score (nSPS) is 38.8. The second-order valence-corrected chi connectivity index (χ2v) is 9.60. The molecule has 7 atom stereocenters. The van der Waals surface area contributed by atoms with Gasteiger partial charge in [-0.05, 0) is 44.6 Å². The summed E-state index contributed by atoms with van der Waals surface area (Å²) >= 11 is 0. The van der Waals surface area contributed by atoms with Gasteiger partial charge in [0.25, 0.3) is 0 Å². The van der Waals surface area contributed by atoms with Crippen molar-refractivity contribution in [2.45, 2.75) is 127 Å². The Morgan fingerprint density at radius 1 is 1.23 bits per heavy atom. The summed E-state index contributed by atoms with van der Waals surface area (Å²) in [5.41, 5.74) is 0.431. The number of aliphatic hydroxyl groups is 1. The SMILES string of the molecule is C=C(COC(C)=O)C[C@@H]1C[C@H](O)[C@@H]2O[C@]3(C)CCC[C@@H](CCCCC)O[C@H]3C[C@H]2O1. The number of rotatable bonds is 8. The van der Waals surface area contributed by atoms with Crippen LogP contribution in [-0.2, 0) is 23.7 Å². The van der Waals surface area contributed by atoms with Gasteiger partial charge in [-0.25, -0.2) is 0 Å². The standard InChI is InChI=1S/C24H40O6/c1-5-6-7-9-18-10-8-11-24(4)22(29-18)14-21-23(30-24)20(26)13-19(28-21)12-16(2)15-27-17(3)25/h18-23,26H,2,5-15H2,1,3-4H3/t18-,19-,20+,21-,22+,23+,24-/m1/s1. The molecule has 6 nitrogen and oxygen atoms in total. The van der Waals surface area contributed by atoms with Gasteiger partial charge < -0.3 is 24.1 Å². The fraction of sp³-hybridized carbons (Fsp3) is 0.875. The van der Waals surface area contributed by atoms with E-state index in [0.717, 1.165) is 37.7 Å². The number of ether oxygens (including phenoxy) is 4. The van der Waals surface area contributed by atoms with E-state index in [2.05, 4.69) is 20.4 Å². The van der Waals surface area contributed by atoms with Crippen LogP contribution in [0.3, 0.4) is 0 Å². The third-order valence-electron chi connectivity index (χ3n) is 6.83. The van der Waals surface area contributed by atoms with Crippen LogP contribution in [0.4, 0.5) is 0 Å². The highest BCUT2D eigenvalue weighted by molar-refractivity contribution is 5.66. The lowest BCUT2D eigenvalue weighted by molar-refractivity contribution is -0.290. The summed E-state index contributed by atoms with van der Waals surface area (Å²) in [7, 11) is 0. The maximum absolute atomic E-state index is 11.0. The Morgan fingerprint density at radius 3 is 2.77 bits per heavy atom. The maximum atomic E-state index is 11.0. The molecule has 0 aromatic carbocycles. The molecule has 3 fully saturated rings. The highest BCUT2D eigenvalue weighted by Gasteiger charge is 2.52. The van der Waals surface area contributed by atoms with Gasteiger partial charge in [-0.15, -0.1) is 0 Å². The summed E-state index contributed by atoms with van der Waals surface area (Å²) in [5, 5.41) is 10.8. The van der Waals surface area contributed by atoms with E-state index in [4.69, 9.17) is 18.9 Å². The summed E-state index contributed by atoms with van der Waals surface area (Å²) in [6.45, 7) is 9.94. The van der Waals surface area contributed by atoms with Crippen LogP contribution in [0.15, 0.2) is 12.2 Å². The molecular weight excluding hydrogens is 384 g/mol. The summed E-state index contributed by atoms with van der Waals surface area (Å²) in [6, 6.07) is 0. The predicted octanol–water partition coefficient (Wildman–Crippen LogP) is 4.08. The van der Waals surface area contributed by atoms with Gasteiger partial charge in [0.05, 0.1) is 36.1 Å². The van der Waals surface area contributed by atoms with Crippen molar-refractivity contribution in [1.29, 1.82) is 0 Å². The molecular formula is C24H40O6. The molecule has 0 unspecified atom stereocenters. The minimum absolute atomic E-state index is 0.0110. The van der Waals surface area contributed by atoms with Gasteiger partial charge in [0.1, 0.15) is 12.7 Å². The van der Waals surface area contributed by atoms with Crippen LogP contribution in [0.1, 0.15) is 85.0 Å². The Kier molecular flexibility index (Phi) is 8.36. The molecule has 3 aliphatic rings. The first-order chi connectivity index (χ1) is 14.3. The van der Waals surface area contributed by atoms with Crippen molar-refractivity contribution in [1.82, 2.24) is 0 Å². The van der Waals surface area contributed by atoms with Crippen molar-refractivity contribution in [2.75, 3.05) is 6.61 Å². The van der Waals surface area contributed by atoms with Gasteiger partial charge in [0.15, 0.2) is 0 Å². The van der Waals surface area contributed by atoms with E-state index in [9.17, 15) is 9.90 Å². The minimum Gasteiger partial charge on any atom is -0.461 e. The first kappa shape index (κ1) is 23.7. The smallest absolute Gasteiger partial charge is 0.302 e. The van der Waals surface area contributed by atoms with Crippen LogP contribution in [0.2, 0.25) is 0 Å². The Labute approximate surface area is 181 Å². The van der Waals surface area contributed by atoms with Gasteiger partial charge in [0.2, 0.25) is 0 Å². The third kappa shape index (κ3) is 6.06. The number of hydrogen-bond donors (Lipinski definition) is 1. The fourth-order valence-corrected chi connectivity index (χ4v) is 5.17. The molecule has 0 aromatic rings. The lowest BCUT2D eigenvalue weighted by Gasteiger charge is -2.51. The van der Waals surface area contributed by atoms with Gasteiger partial charge >= 0.3 is 5.97 Å².